The second kappa shape index (κ2) is 7.42. The second-order valence-electron chi connectivity index (χ2n) is 5.38. The van der Waals surface area contributed by atoms with Crippen LogP contribution >= 0.6 is 0 Å². The van der Waals surface area contributed by atoms with Gasteiger partial charge in [-0.15, -0.1) is 0 Å². The van der Waals surface area contributed by atoms with Gasteiger partial charge in [-0.25, -0.2) is 13.1 Å². The molecule has 10 heteroatoms. The topological polar surface area (TPSA) is 130 Å². The van der Waals surface area contributed by atoms with Crippen molar-refractivity contribution in [2.75, 3.05) is 5.32 Å². The maximum absolute atomic E-state index is 12.2. The molecule has 136 valence electrons. The molecule has 0 saturated carbocycles. The maximum atomic E-state index is 12.2. The molecule has 9 nitrogen and oxygen atoms in total. The molecule has 0 aliphatic carbocycles. The molecule has 0 spiro atoms. The standard InChI is InChI=1S/C16H16N4O5S/c21-15-8-7-14(19-20-15)16(22)18-11-3-5-13(6-4-11)26(23,24)17-10-12-2-1-9-25-12/h1-7,9,17,19H,8,10H2,(H,18,22)(H,20,21). The van der Waals surface area contributed by atoms with Gasteiger partial charge in [-0.3, -0.25) is 20.4 Å². The van der Waals surface area contributed by atoms with Gasteiger partial charge in [-0.05, 0) is 42.5 Å². The Kier molecular flexibility index (Phi) is 5.05. The molecule has 1 aromatic heterocycles. The fourth-order valence-electron chi connectivity index (χ4n) is 2.16. The summed E-state index contributed by atoms with van der Waals surface area (Å²) in [5.41, 5.74) is 5.46. The van der Waals surface area contributed by atoms with Crippen LogP contribution in [0.1, 0.15) is 12.2 Å². The smallest absolute Gasteiger partial charge is 0.273 e. The summed E-state index contributed by atoms with van der Waals surface area (Å²) in [6.07, 6.45) is 3.03. The van der Waals surface area contributed by atoms with Crippen molar-refractivity contribution in [2.24, 2.45) is 0 Å². The third kappa shape index (κ3) is 4.29. The van der Waals surface area contributed by atoms with E-state index in [9.17, 15) is 18.0 Å². The van der Waals surface area contributed by atoms with Crippen LogP contribution in [0.3, 0.4) is 0 Å². The van der Waals surface area contributed by atoms with Crippen LogP contribution in [0.15, 0.2) is 63.7 Å². The molecule has 0 saturated heterocycles. The molecule has 0 bridgehead atoms. The highest BCUT2D eigenvalue weighted by molar-refractivity contribution is 7.89. The largest absolute Gasteiger partial charge is 0.468 e. The number of nitrogens with one attached hydrogen (secondary N) is 4. The summed E-state index contributed by atoms with van der Waals surface area (Å²) in [5.74, 6) is -0.187. The number of furan rings is 1. The van der Waals surface area contributed by atoms with Gasteiger partial charge < -0.3 is 9.73 Å². The lowest BCUT2D eigenvalue weighted by Crippen LogP contribution is -2.43. The lowest BCUT2D eigenvalue weighted by molar-refractivity contribution is -0.121. The third-order valence-corrected chi connectivity index (χ3v) is 4.93. The lowest BCUT2D eigenvalue weighted by Gasteiger charge is -2.16. The SMILES string of the molecule is O=C1CC=C(C(=O)Nc2ccc(S(=O)(=O)NCc3ccco3)cc2)NN1. The van der Waals surface area contributed by atoms with E-state index in [4.69, 9.17) is 4.42 Å². The lowest BCUT2D eigenvalue weighted by atomic mass is 10.2. The molecule has 1 aliphatic heterocycles. The fourth-order valence-corrected chi connectivity index (χ4v) is 3.16. The second-order valence-corrected chi connectivity index (χ2v) is 7.14. The highest BCUT2D eigenvalue weighted by atomic mass is 32.2. The van der Waals surface area contributed by atoms with Gasteiger partial charge in [-0.2, -0.15) is 0 Å². The monoisotopic (exact) mass is 376 g/mol. The predicted octanol–water partition coefficient (Wildman–Crippen LogP) is 0.605. The summed E-state index contributed by atoms with van der Waals surface area (Å²) in [6.45, 7) is 0.0410. The molecule has 0 fully saturated rings. The molecule has 3 rings (SSSR count). The van der Waals surface area contributed by atoms with Crippen LogP contribution in [-0.4, -0.2) is 20.2 Å². The minimum Gasteiger partial charge on any atom is -0.468 e. The quantitative estimate of drug-likeness (QED) is 0.584. The first-order chi connectivity index (χ1) is 12.4. The maximum Gasteiger partial charge on any atom is 0.273 e. The number of sulfonamides is 1. The van der Waals surface area contributed by atoms with Crippen molar-refractivity contribution in [2.45, 2.75) is 17.9 Å². The number of rotatable bonds is 6. The Morgan fingerprint density at radius 3 is 2.54 bits per heavy atom. The Morgan fingerprint density at radius 2 is 1.92 bits per heavy atom. The van der Waals surface area contributed by atoms with E-state index in [0.717, 1.165) is 0 Å². The van der Waals surface area contributed by atoms with Crippen LogP contribution in [0, 0.1) is 0 Å². The van der Waals surface area contributed by atoms with Crippen LogP contribution in [0.5, 0.6) is 0 Å². The van der Waals surface area contributed by atoms with E-state index in [2.05, 4.69) is 20.9 Å². The Balaban J connectivity index is 1.62. The number of carbonyl (C=O) groups excluding carboxylic acids is 2. The number of anilines is 1. The highest BCUT2D eigenvalue weighted by Crippen LogP contribution is 2.15. The van der Waals surface area contributed by atoms with Gasteiger partial charge in [0.05, 0.1) is 17.7 Å². The van der Waals surface area contributed by atoms with Gasteiger partial charge in [0.25, 0.3) is 5.91 Å². The Morgan fingerprint density at radius 1 is 1.15 bits per heavy atom. The van der Waals surface area contributed by atoms with Crippen LogP contribution in [0.2, 0.25) is 0 Å². The first-order valence-corrected chi connectivity index (χ1v) is 9.11. The summed E-state index contributed by atoms with van der Waals surface area (Å²) < 4.78 is 32.0. The molecule has 4 N–H and O–H groups in total. The Labute approximate surface area is 149 Å². The van der Waals surface area contributed by atoms with E-state index in [1.54, 1.807) is 12.1 Å². The summed E-state index contributed by atoms with van der Waals surface area (Å²) >= 11 is 0. The van der Waals surface area contributed by atoms with Crippen molar-refractivity contribution in [3.8, 4) is 0 Å². The summed E-state index contributed by atoms with van der Waals surface area (Å²) in [7, 11) is -3.70. The van der Waals surface area contributed by atoms with Crippen molar-refractivity contribution in [3.05, 3.63) is 60.2 Å². The van der Waals surface area contributed by atoms with Crippen LogP contribution in [0.25, 0.3) is 0 Å². The van der Waals surface area contributed by atoms with Gasteiger partial charge in [-0.1, -0.05) is 0 Å². The van der Waals surface area contributed by atoms with E-state index in [1.165, 1.54) is 36.6 Å². The Hall–Kier alpha value is -3.11. The number of benzene rings is 1. The zero-order valence-electron chi connectivity index (χ0n) is 13.5. The van der Waals surface area contributed by atoms with Gasteiger partial charge in [0.2, 0.25) is 15.9 Å². The van der Waals surface area contributed by atoms with E-state index in [1.807, 2.05) is 0 Å². The van der Waals surface area contributed by atoms with Crippen molar-refractivity contribution < 1.29 is 22.4 Å². The molecule has 1 aliphatic rings. The zero-order chi connectivity index (χ0) is 18.6. The molecule has 0 unspecified atom stereocenters. The zero-order valence-corrected chi connectivity index (χ0v) is 14.3. The molecular formula is C16H16N4O5S. The molecule has 1 aromatic carbocycles. The molecule has 2 amide bonds. The number of amides is 2. The first-order valence-electron chi connectivity index (χ1n) is 7.62. The van der Waals surface area contributed by atoms with E-state index in [0.29, 0.717) is 11.4 Å². The summed E-state index contributed by atoms with van der Waals surface area (Å²) in [6, 6.07) is 9.04. The van der Waals surface area contributed by atoms with Gasteiger partial charge in [0, 0.05) is 12.1 Å². The van der Waals surface area contributed by atoms with E-state index < -0.39 is 15.9 Å². The van der Waals surface area contributed by atoms with Crippen molar-refractivity contribution in [3.63, 3.8) is 0 Å². The molecule has 0 atom stereocenters. The molecule has 2 aromatic rings. The van der Waals surface area contributed by atoms with E-state index >= 15 is 0 Å². The average Bonchev–Trinajstić information content (AvgIpc) is 3.15. The number of hydrazine groups is 1. The normalized spacial score (nSPS) is 14.2. The first kappa shape index (κ1) is 17.7. The average molecular weight is 376 g/mol. The number of hydrogen-bond acceptors (Lipinski definition) is 6. The van der Waals surface area contributed by atoms with Crippen LogP contribution in [-0.2, 0) is 26.2 Å². The van der Waals surface area contributed by atoms with Gasteiger partial charge in [0.1, 0.15) is 11.5 Å². The molecule has 26 heavy (non-hydrogen) atoms. The molecule has 2 heterocycles. The van der Waals surface area contributed by atoms with Crippen molar-refractivity contribution >= 4 is 27.5 Å². The minimum absolute atomic E-state index is 0.0410. The summed E-state index contributed by atoms with van der Waals surface area (Å²) in [4.78, 5) is 23.1. The number of hydrogen-bond donors (Lipinski definition) is 4. The summed E-state index contributed by atoms with van der Waals surface area (Å²) in [5, 5.41) is 2.61. The highest BCUT2D eigenvalue weighted by Gasteiger charge is 2.17. The molecular weight excluding hydrogens is 360 g/mol. The van der Waals surface area contributed by atoms with Gasteiger partial charge in [0.15, 0.2) is 0 Å². The fraction of sp³-hybridized carbons (Fsp3) is 0.125. The van der Waals surface area contributed by atoms with Gasteiger partial charge >= 0.3 is 0 Å². The Bertz CT molecular complexity index is 934. The third-order valence-electron chi connectivity index (χ3n) is 3.51. The predicted molar refractivity (Wildman–Crippen MR) is 91.8 cm³/mol. The van der Waals surface area contributed by atoms with Crippen LogP contribution < -0.4 is 20.9 Å². The molecule has 0 radical (unpaired) electrons. The number of carbonyl (C=O) groups is 2. The van der Waals surface area contributed by atoms with E-state index in [-0.39, 0.29) is 29.5 Å². The minimum atomic E-state index is -3.70. The van der Waals surface area contributed by atoms with Crippen molar-refractivity contribution in [1.29, 1.82) is 0 Å². The van der Waals surface area contributed by atoms with Crippen molar-refractivity contribution in [1.82, 2.24) is 15.6 Å². The van der Waals surface area contributed by atoms with Crippen LogP contribution in [0.4, 0.5) is 5.69 Å².